The van der Waals surface area contributed by atoms with E-state index in [0.717, 1.165) is 99.1 Å². The third-order valence-electron chi connectivity index (χ3n) is 9.16. The molecule has 0 aliphatic rings. The van der Waals surface area contributed by atoms with Crippen LogP contribution in [0.2, 0.25) is 0 Å². The van der Waals surface area contributed by atoms with Crippen LogP contribution in [-0.4, -0.2) is 29.9 Å². The molecule has 4 aromatic carbocycles. The minimum absolute atomic E-state index is 0.863. The lowest BCUT2D eigenvalue weighted by molar-refractivity contribution is 1.36. The van der Waals surface area contributed by atoms with E-state index in [9.17, 15) is 0 Å². The second kappa shape index (κ2) is 10.4. The van der Waals surface area contributed by atoms with Crippen LogP contribution in [0.25, 0.3) is 99.1 Å². The first kappa shape index (κ1) is 26.5. The maximum Gasteiger partial charge on any atom is 0.0972 e. The summed E-state index contributed by atoms with van der Waals surface area (Å²) in [7, 11) is 0. The minimum Gasteiger partial charge on any atom is -0.254 e. The van der Waals surface area contributed by atoms with Gasteiger partial charge in [-0.2, -0.15) is 0 Å². The van der Waals surface area contributed by atoms with Gasteiger partial charge in [0.05, 0.1) is 44.5 Å². The van der Waals surface area contributed by atoms with Crippen molar-refractivity contribution in [2.45, 2.75) is 0 Å². The van der Waals surface area contributed by atoms with Crippen molar-refractivity contribution in [1.29, 1.82) is 0 Å². The van der Waals surface area contributed by atoms with Gasteiger partial charge in [0.15, 0.2) is 0 Å². The fourth-order valence-corrected chi connectivity index (χ4v) is 6.86. The van der Waals surface area contributed by atoms with Crippen molar-refractivity contribution in [3.63, 3.8) is 0 Å². The molecule has 0 aliphatic heterocycles. The highest BCUT2D eigenvalue weighted by atomic mass is 14.8. The summed E-state index contributed by atoms with van der Waals surface area (Å²) < 4.78 is 0. The zero-order chi connectivity index (χ0) is 31.6. The molecule has 0 radical (unpaired) electrons. The third-order valence-corrected chi connectivity index (χ3v) is 9.16. The molecule has 6 heterocycles. The number of hydrogen-bond acceptors (Lipinski definition) is 6. The predicted octanol–water partition coefficient (Wildman–Crippen LogP) is 9.98. The van der Waals surface area contributed by atoms with E-state index >= 15 is 0 Å². The van der Waals surface area contributed by atoms with E-state index in [2.05, 4.69) is 102 Å². The van der Waals surface area contributed by atoms with Gasteiger partial charge in [-0.3, -0.25) is 19.9 Å². The maximum absolute atomic E-state index is 5.23. The SMILES string of the molecule is c1cnc2c(c1)ccc1ccc(-c3cc(-c4ccc5ccc6cccnc6c5n4)cc(-c4cc5cccnc5c5ncccc45)c3)nc12. The lowest BCUT2D eigenvalue weighted by Crippen LogP contribution is -1.94. The molecule has 0 atom stereocenters. The molecule has 0 saturated carbocycles. The second-order valence-corrected chi connectivity index (χ2v) is 12.0. The van der Waals surface area contributed by atoms with Crippen molar-refractivity contribution in [1.82, 2.24) is 29.9 Å². The normalized spacial score (nSPS) is 11.8. The average molecular weight is 613 g/mol. The first-order valence-electron chi connectivity index (χ1n) is 15.8. The Kier molecular flexibility index (Phi) is 5.77. The van der Waals surface area contributed by atoms with Crippen molar-refractivity contribution >= 4 is 65.4 Å². The molecule has 6 aromatic heterocycles. The Bertz CT molecular complexity index is 2780. The number of pyridine rings is 6. The van der Waals surface area contributed by atoms with Crippen molar-refractivity contribution in [3.05, 3.63) is 146 Å². The number of fused-ring (bicyclic) bond motifs is 9. The van der Waals surface area contributed by atoms with E-state index in [0.29, 0.717) is 0 Å². The summed E-state index contributed by atoms with van der Waals surface area (Å²) in [5.74, 6) is 0. The van der Waals surface area contributed by atoms with Gasteiger partial charge in [-0.1, -0.05) is 60.7 Å². The largest absolute Gasteiger partial charge is 0.254 e. The van der Waals surface area contributed by atoms with E-state index in [1.165, 1.54) is 0 Å². The summed E-state index contributed by atoms with van der Waals surface area (Å²) in [5, 5.41) is 6.30. The van der Waals surface area contributed by atoms with E-state index in [-0.39, 0.29) is 0 Å². The van der Waals surface area contributed by atoms with E-state index in [1.807, 2.05) is 49.1 Å². The van der Waals surface area contributed by atoms with Crippen LogP contribution in [0.1, 0.15) is 0 Å². The van der Waals surface area contributed by atoms with Gasteiger partial charge in [-0.05, 0) is 71.8 Å². The van der Waals surface area contributed by atoms with Crippen LogP contribution in [0.4, 0.5) is 0 Å². The van der Waals surface area contributed by atoms with Crippen LogP contribution in [0.3, 0.4) is 0 Å². The Balaban J connectivity index is 1.26. The van der Waals surface area contributed by atoms with Crippen molar-refractivity contribution in [2.24, 2.45) is 0 Å². The fourth-order valence-electron chi connectivity index (χ4n) is 6.86. The summed E-state index contributed by atoms with van der Waals surface area (Å²) >= 11 is 0. The smallest absolute Gasteiger partial charge is 0.0972 e. The lowest BCUT2D eigenvalue weighted by atomic mass is 9.93. The molecule has 0 N–H and O–H groups in total. The number of rotatable bonds is 3. The highest BCUT2D eigenvalue weighted by Gasteiger charge is 2.16. The van der Waals surface area contributed by atoms with Gasteiger partial charge in [0.25, 0.3) is 0 Å². The summed E-state index contributed by atoms with van der Waals surface area (Å²) in [6.45, 7) is 0. The van der Waals surface area contributed by atoms with Crippen molar-refractivity contribution in [2.75, 3.05) is 0 Å². The predicted molar refractivity (Wildman–Crippen MR) is 195 cm³/mol. The molecule has 0 fully saturated rings. The van der Waals surface area contributed by atoms with Gasteiger partial charge in [0.1, 0.15) is 0 Å². The summed E-state index contributed by atoms with van der Waals surface area (Å²) in [6, 6.07) is 41.9. The molecule has 10 rings (SSSR count). The Hall–Kier alpha value is -6.66. The Morgan fingerprint density at radius 2 is 0.729 bits per heavy atom. The van der Waals surface area contributed by atoms with E-state index in [4.69, 9.17) is 24.9 Å². The number of aromatic nitrogens is 6. The highest BCUT2D eigenvalue weighted by molar-refractivity contribution is 6.11. The average Bonchev–Trinajstić information content (AvgIpc) is 3.17. The number of hydrogen-bond donors (Lipinski definition) is 0. The topological polar surface area (TPSA) is 77.3 Å². The number of nitrogens with zero attached hydrogens (tertiary/aromatic N) is 6. The van der Waals surface area contributed by atoms with Crippen LogP contribution in [0.5, 0.6) is 0 Å². The molecular formula is C42H24N6. The molecule has 10 aromatic rings. The molecule has 6 heteroatoms. The van der Waals surface area contributed by atoms with E-state index in [1.54, 1.807) is 0 Å². The van der Waals surface area contributed by atoms with Gasteiger partial charge in [-0.25, -0.2) is 9.97 Å². The zero-order valence-electron chi connectivity index (χ0n) is 25.5. The molecule has 48 heavy (non-hydrogen) atoms. The first-order valence-corrected chi connectivity index (χ1v) is 15.8. The van der Waals surface area contributed by atoms with Gasteiger partial charge < -0.3 is 0 Å². The first-order chi connectivity index (χ1) is 23.8. The van der Waals surface area contributed by atoms with Crippen LogP contribution in [0, 0.1) is 0 Å². The van der Waals surface area contributed by atoms with Crippen LogP contribution < -0.4 is 0 Å². The quantitative estimate of drug-likeness (QED) is 0.185. The molecule has 0 amide bonds. The minimum atomic E-state index is 0.863. The summed E-state index contributed by atoms with van der Waals surface area (Å²) in [5.41, 5.74) is 11.1. The Labute approximate surface area is 274 Å². The number of benzene rings is 4. The summed E-state index contributed by atoms with van der Waals surface area (Å²) in [6.07, 6.45) is 7.30. The van der Waals surface area contributed by atoms with E-state index < -0.39 is 0 Å². The monoisotopic (exact) mass is 612 g/mol. The Morgan fingerprint density at radius 1 is 0.312 bits per heavy atom. The standard InChI is InChI=1S/C42H24N6/c1-5-25-9-11-27-13-15-35(47-40(27)37(25)43-17-1)31-21-30(34-24-29-7-3-19-45-39(29)42-33(34)8-4-20-46-42)22-32(23-31)36-16-14-28-12-10-26-6-2-18-44-38(26)41(28)48-36/h1-24H. The molecule has 222 valence electrons. The second-order valence-electron chi connectivity index (χ2n) is 12.0. The highest BCUT2D eigenvalue weighted by Crippen LogP contribution is 2.38. The molecule has 0 unspecified atom stereocenters. The van der Waals surface area contributed by atoms with Crippen LogP contribution in [-0.2, 0) is 0 Å². The lowest BCUT2D eigenvalue weighted by Gasteiger charge is -2.14. The van der Waals surface area contributed by atoms with Crippen LogP contribution >= 0.6 is 0 Å². The molecule has 6 nitrogen and oxygen atoms in total. The van der Waals surface area contributed by atoms with Gasteiger partial charge in [0, 0.05) is 68.2 Å². The van der Waals surface area contributed by atoms with Gasteiger partial charge in [0.2, 0.25) is 0 Å². The molecular weight excluding hydrogens is 589 g/mol. The van der Waals surface area contributed by atoms with Crippen molar-refractivity contribution < 1.29 is 0 Å². The zero-order valence-corrected chi connectivity index (χ0v) is 25.5. The molecule has 0 aliphatic carbocycles. The molecule has 0 bridgehead atoms. The fraction of sp³-hybridized carbons (Fsp3) is 0. The Morgan fingerprint density at radius 3 is 1.29 bits per heavy atom. The molecule has 0 saturated heterocycles. The van der Waals surface area contributed by atoms with Gasteiger partial charge >= 0.3 is 0 Å². The van der Waals surface area contributed by atoms with Gasteiger partial charge in [-0.15, -0.1) is 0 Å². The van der Waals surface area contributed by atoms with Crippen LogP contribution in [0.15, 0.2) is 146 Å². The van der Waals surface area contributed by atoms with Crippen molar-refractivity contribution in [3.8, 4) is 33.6 Å². The maximum atomic E-state index is 5.23. The third kappa shape index (κ3) is 4.20. The summed E-state index contributed by atoms with van der Waals surface area (Å²) in [4.78, 5) is 29.3. The molecule has 0 spiro atoms.